The smallest absolute Gasteiger partial charge is 0.321 e. The van der Waals surface area contributed by atoms with Crippen molar-refractivity contribution in [3.63, 3.8) is 0 Å². The van der Waals surface area contributed by atoms with Crippen molar-refractivity contribution >= 4 is 35.0 Å². The van der Waals surface area contributed by atoms with Gasteiger partial charge < -0.3 is 5.32 Å². The van der Waals surface area contributed by atoms with Crippen molar-refractivity contribution in [2.45, 2.75) is 56.5 Å². The Bertz CT molecular complexity index is 905. The zero-order chi connectivity index (χ0) is 21.0. The molecule has 2 aromatic rings. The van der Waals surface area contributed by atoms with Crippen LogP contribution in [-0.2, 0) is 24.2 Å². The van der Waals surface area contributed by atoms with Crippen LogP contribution in [-0.4, -0.2) is 39.0 Å². The highest BCUT2D eigenvalue weighted by atomic mass is 32.2. The number of urea groups is 1. The number of amides is 3. The molecular weight excluding hydrogens is 406 g/mol. The van der Waals surface area contributed by atoms with E-state index < -0.39 is 11.3 Å². The molecule has 29 heavy (non-hydrogen) atoms. The lowest BCUT2D eigenvalue weighted by molar-refractivity contribution is -0.119. The predicted molar refractivity (Wildman–Crippen MR) is 117 cm³/mol. The minimum atomic E-state index is -0.523. The van der Waals surface area contributed by atoms with E-state index >= 15 is 0 Å². The zero-order valence-corrected chi connectivity index (χ0v) is 18.7. The largest absolute Gasteiger partial charge is 0.341 e. The number of hydrogen-bond donors (Lipinski definition) is 2. The second-order valence-corrected chi connectivity index (χ2v) is 9.55. The first-order chi connectivity index (χ1) is 14.0. The van der Waals surface area contributed by atoms with E-state index in [4.69, 9.17) is 0 Å². The summed E-state index contributed by atoms with van der Waals surface area (Å²) in [6, 6.07) is 1.73. The molecule has 156 valence electrons. The molecule has 3 rings (SSSR count). The van der Waals surface area contributed by atoms with Gasteiger partial charge in [-0.1, -0.05) is 31.2 Å². The third-order valence-corrected chi connectivity index (χ3v) is 7.44. The Kier molecular flexibility index (Phi) is 7.13. The highest BCUT2D eigenvalue weighted by Gasteiger charge is 2.25. The molecule has 7 nitrogen and oxygen atoms in total. The third kappa shape index (κ3) is 4.90. The van der Waals surface area contributed by atoms with Gasteiger partial charge in [0.2, 0.25) is 5.91 Å². The van der Waals surface area contributed by atoms with Crippen molar-refractivity contribution in [3.05, 3.63) is 29.2 Å². The van der Waals surface area contributed by atoms with Crippen LogP contribution in [0.2, 0.25) is 0 Å². The molecule has 0 spiro atoms. The molecular formula is C20H27N5O2S2. The number of nitrogens with zero attached hydrogens (tertiary/aromatic N) is 3. The Morgan fingerprint density at radius 2 is 2.28 bits per heavy atom. The Morgan fingerprint density at radius 1 is 1.48 bits per heavy atom. The fourth-order valence-corrected chi connectivity index (χ4v) is 5.46. The number of allylic oxidation sites excluding steroid dienone is 1. The van der Waals surface area contributed by atoms with E-state index in [1.165, 1.54) is 42.1 Å². The van der Waals surface area contributed by atoms with Crippen LogP contribution in [0, 0.1) is 5.92 Å². The van der Waals surface area contributed by atoms with Crippen molar-refractivity contribution in [2.75, 3.05) is 7.05 Å². The number of thioether (sulfide) groups is 1. The van der Waals surface area contributed by atoms with Crippen molar-refractivity contribution < 1.29 is 9.59 Å². The molecule has 0 radical (unpaired) electrons. The summed E-state index contributed by atoms with van der Waals surface area (Å²) in [5.41, 5.74) is 1.43. The van der Waals surface area contributed by atoms with Crippen LogP contribution in [0.1, 0.15) is 37.1 Å². The predicted octanol–water partition coefficient (Wildman–Crippen LogP) is 3.64. The van der Waals surface area contributed by atoms with Gasteiger partial charge in [0.05, 0.1) is 10.1 Å². The lowest BCUT2D eigenvalue weighted by Gasteiger charge is -2.19. The van der Waals surface area contributed by atoms with Crippen molar-refractivity contribution in [1.82, 2.24) is 25.4 Å². The van der Waals surface area contributed by atoms with Crippen LogP contribution in [0.3, 0.4) is 0 Å². The van der Waals surface area contributed by atoms with Crippen molar-refractivity contribution in [2.24, 2.45) is 5.92 Å². The van der Waals surface area contributed by atoms with Gasteiger partial charge in [-0.15, -0.1) is 28.1 Å². The maximum absolute atomic E-state index is 12.2. The monoisotopic (exact) mass is 433 g/mol. The van der Waals surface area contributed by atoms with Crippen molar-refractivity contribution in [1.29, 1.82) is 0 Å². The molecule has 1 aliphatic carbocycles. The van der Waals surface area contributed by atoms with Crippen LogP contribution >= 0.6 is 23.1 Å². The molecule has 2 heterocycles. The van der Waals surface area contributed by atoms with Crippen LogP contribution in [0.4, 0.5) is 4.79 Å². The topological polar surface area (TPSA) is 88.9 Å². The number of thiophene rings is 1. The number of imide groups is 1. The molecule has 0 aromatic carbocycles. The van der Waals surface area contributed by atoms with E-state index in [1.807, 2.05) is 4.57 Å². The first-order valence-electron chi connectivity index (χ1n) is 9.82. The number of aryl methyl sites for hydroxylation is 1. The van der Waals surface area contributed by atoms with Gasteiger partial charge in [0.15, 0.2) is 11.0 Å². The van der Waals surface area contributed by atoms with Gasteiger partial charge in [-0.25, -0.2) is 4.79 Å². The van der Waals surface area contributed by atoms with Gasteiger partial charge in [0, 0.05) is 18.5 Å². The van der Waals surface area contributed by atoms with Gasteiger partial charge >= 0.3 is 6.03 Å². The standard InChI is InChI=1S/C20H27N5O2S2/c1-5-9-25-17(16-11-14-10-13(6-2)7-8-15(14)29-16)23-24-20(25)28-12(3)18(26)22-19(27)21-4/h5,11-13H,1,6-10H2,2-4H3,(H2,21,22,26,27)/t12-,13-/m1/s1. The zero-order valence-electron chi connectivity index (χ0n) is 17.0. The fourth-order valence-electron chi connectivity index (χ4n) is 3.40. The van der Waals surface area contributed by atoms with E-state index in [0.717, 1.165) is 29.5 Å². The Balaban J connectivity index is 1.82. The average Bonchev–Trinajstić information content (AvgIpc) is 3.31. The summed E-state index contributed by atoms with van der Waals surface area (Å²) in [4.78, 5) is 26.1. The fraction of sp³-hybridized carbons (Fsp3) is 0.500. The van der Waals surface area contributed by atoms with Crippen molar-refractivity contribution in [3.8, 4) is 10.7 Å². The highest BCUT2D eigenvalue weighted by molar-refractivity contribution is 8.00. The van der Waals surface area contributed by atoms with Gasteiger partial charge in [0.1, 0.15) is 0 Å². The molecule has 3 amide bonds. The lowest BCUT2D eigenvalue weighted by atomic mass is 9.87. The Hall–Kier alpha value is -2.13. The summed E-state index contributed by atoms with van der Waals surface area (Å²) in [5, 5.41) is 13.6. The maximum Gasteiger partial charge on any atom is 0.321 e. The lowest BCUT2D eigenvalue weighted by Crippen LogP contribution is -2.41. The van der Waals surface area contributed by atoms with E-state index in [1.54, 1.807) is 24.3 Å². The normalized spacial score (nSPS) is 16.7. The van der Waals surface area contributed by atoms with E-state index in [0.29, 0.717) is 11.7 Å². The minimum Gasteiger partial charge on any atom is -0.341 e. The minimum absolute atomic E-state index is 0.374. The number of hydrogen-bond acceptors (Lipinski definition) is 6. The molecule has 0 saturated carbocycles. The van der Waals surface area contributed by atoms with Gasteiger partial charge in [-0.05, 0) is 43.7 Å². The summed E-state index contributed by atoms with van der Waals surface area (Å²) in [6.07, 6.45) is 6.53. The molecule has 2 atom stereocenters. The number of carbonyl (C=O) groups excluding carboxylic acids is 2. The average molecular weight is 434 g/mol. The summed E-state index contributed by atoms with van der Waals surface area (Å²) in [7, 11) is 1.47. The molecule has 0 fully saturated rings. The summed E-state index contributed by atoms with van der Waals surface area (Å²) in [6.45, 7) is 8.40. The first-order valence-corrected chi connectivity index (χ1v) is 11.5. The van der Waals surface area contributed by atoms with Crippen LogP contribution in [0.25, 0.3) is 10.7 Å². The maximum atomic E-state index is 12.2. The molecule has 1 aliphatic rings. The van der Waals surface area contributed by atoms with E-state index in [2.05, 4.69) is 40.4 Å². The van der Waals surface area contributed by atoms with Crippen LogP contribution in [0.15, 0.2) is 23.9 Å². The Labute approximate surface area is 179 Å². The second-order valence-electron chi connectivity index (χ2n) is 7.11. The molecule has 0 saturated heterocycles. The summed E-state index contributed by atoms with van der Waals surface area (Å²) in [5.74, 6) is 1.20. The van der Waals surface area contributed by atoms with Crippen LogP contribution in [0.5, 0.6) is 0 Å². The highest BCUT2D eigenvalue weighted by Crippen LogP contribution is 2.38. The number of fused-ring (bicyclic) bond motifs is 1. The van der Waals surface area contributed by atoms with Gasteiger partial charge in [0.25, 0.3) is 0 Å². The number of nitrogens with one attached hydrogen (secondary N) is 2. The molecule has 2 N–H and O–H groups in total. The summed E-state index contributed by atoms with van der Waals surface area (Å²) >= 11 is 3.07. The third-order valence-electron chi connectivity index (χ3n) is 5.13. The molecule has 9 heteroatoms. The van der Waals surface area contributed by atoms with E-state index in [-0.39, 0.29) is 5.91 Å². The van der Waals surface area contributed by atoms with Gasteiger partial charge in [-0.2, -0.15) is 0 Å². The van der Waals surface area contributed by atoms with Crippen LogP contribution < -0.4 is 10.6 Å². The quantitative estimate of drug-likeness (QED) is 0.514. The number of aromatic nitrogens is 3. The second kappa shape index (κ2) is 9.58. The molecule has 0 unspecified atom stereocenters. The number of carbonyl (C=O) groups is 2. The Morgan fingerprint density at radius 3 is 2.97 bits per heavy atom. The SMILES string of the molecule is C=CCn1c(S[C@H](C)C(=O)NC(=O)NC)nnc1-c1cc2c(s1)CC[C@@H](CC)C2. The summed E-state index contributed by atoms with van der Waals surface area (Å²) < 4.78 is 1.98. The molecule has 0 bridgehead atoms. The molecule has 2 aromatic heterocycles. The molecule has 0 aliphatic heterocycles. The first kappa shape index (κ1) is 21.6. The van der Waals surface area contributed by atoms with E-state index in [9.17, 15) is 9.59 Å². The van der Waals surface area contributed by atoms with Gasteiger partial charge in [-0.3, -0.25) is 14.7 Å². The number of rotatable bonds is 7.